The van der Waals surface area contributed by atoms with Crippen molar-refractivity contribution in [3.8, 4) is 11.5 Å². The van der Waals surface area contributed by atoms with Crippen LogP contribution in [0, 0.1) is 11.6 Å². The van der Waals surface area contributed by atoms with Crippen LogP contribution in [0.2, 0.25) is 0 Å². The van der Waals surface area contributed by atoms with E-state index in [0.29, 0.717) is 0 Å². The molecule has 1 saturated heterocycles. The summed E-state index contributed by atoms with van der Waals surface area (Å²) in [6, 6.07) is 14.6. The standard InChI is InChI=1S/C23H20F2N2O5S/c24-16-5-7-17(8-6-16)32-22-10-9-18(33(29,30)27-11-13-31-14-12-27)15-21(22)26-23(28)19-3-1-2-4-20(19)25/h1-10,15H,11-14H2,(H,26,28). The maximum absolute atomic E-state index is 14.1. The first-order valence-electron chi connectivity index (χ1n) is 10.1. The molecule has 0 saturated carbocycles. The highest BCUT2D eigenvalue weighted by Gasteiger charge is 2.27. The zero-order chi connectivity index (χ0) is 23.4. The number of sulfonamides is 1. The summed E-state index contributed by atoms with van der Waals surface area (Å²) in [4.78, 5) is 12.6. The molecule has 1 aliphatic heterocycles. The van der Waals surface area contributed by atoms with Gasteiger partial charge in [0.1, 0.15) is 17.4 Å². The smallest absolute Gasteiger partial charge is 0.258 e. The number of rotatable bonds is 6. The molecule has 0 bridgehead atoms. The van der Waals surface area contributed by atoms with Crippen LogP contribution in [0.25, 0.3) is 0 Å². The number of hydrogen-bond donors (Lipinski definition) is 1. The maximum atomic E-state index is 14.1. The molecule has 0 aromatic heterocycles. The lowest BCUT2D eigenvalue weighted by molar-refractivity contribution is 0.0730. The lowest BCUT2D eigenvalue weighted by Gasteiger charge is -2.26. The largest absolute Gasteiger partial charge is 0.455 e. The van der Waals surface area contributed by atoms with E-state index in [-0.39, 0.29) is 53.9 Å². The van der Waals surface area contributed by atoms with Crippen molar-refractivity contribution in [3.05, 3.63) is 83.9 Å². The molecule has 0 aliphatic carbocycles. The SMILES string of the molecule is O=C(Nc1cc(S(=O)(=O)N2CCOCC2)ccc1Oc1ccc(F)cc1)c1ccccc1F. The van der Waals surface area contributed by atoms with Gasteiger partial charge in [0.25, 0.3) is 5.91 Å². The van der Waals surface area contributed by atoms with Crippen molar-refractivity contribution in [1.29, 1.82) is 0 Å². The van der Waals surface area contributed by atoms with E-state index < -0.39 is 27.6 Å². The summed E-state index contributed by atoms with van der Waals surface area (Å²) in [5.41, 5.74) is -0.200. The molecule has 4 rings (SSSR count). The predicted molar refractivity (Wildman–Crippen MR) is 117 cm³/mol. The molecule has 0 atom stereocenters. The molecule has 3 aromatic rings. The second kappa shape index (κ2) is 9.65. The summed E-state index contributed by atoms with van der Waals surface area (Å²) >= 11 is 0. The summed E-state index contributed by atoms with van der Waals surface area (Å²) in [7, 11) is -3.87. The van der Waals surface area contributed by atoms with Crippen LogP contribution in [0.15, 0.2) is 71.6 Å². The summed E-state index contributed by atoms with van der Waals surface area (Å²) in [6.07, 6.45) is 0. The van der Waals surface area contributed by atoms with Crippen molar-refractivity contribution < 1.29 is 31.5 Å². The fraction of sp³-hybridized carbons (Fsp3) is 0.174. The highest BCUT2D eigenvalue weighted by Crippen LogP contribution is 2.33. The van der Waals surface area contributed by atoms with Crippen molar-refractivity contribution in [2.75, 3.05) is 31.6 Å². The molecule has 0 radical (unpaired) electrons. The zero-order valence-electron chi connectivity index (χ0n) is 17.3. The number of morpholine rings is 1. The summed E-state index contributed by atoms with van der Waals surface area (Å²) in [5.74, 6) is -1.60. The molecule has 1 heterocycles. The fourth-order valence-corrected chi connectivity index (χ4v) is 4.69. The molecule has 172 valence electrons. The van der Waals surface area contributed by atoms with E-state index in [0.717, 1.165) is 6.07 Å². The minimum atomic E-state index is -3.87. The molecule has 0 spiro atoms. The number of carbonyl (C=O) groups is 1. The Labute approximate surface area is 189 Å². The van der Waals surface area contributed by atoms with E-state index in [9.17, 15) is 22.0 Å². The fourth-order valence-electron chi connectivity index (χ4n) is 3.26. The topological polar surface area (TPSA) is 84.9 Å². The number of hydrogen-bond acceptors (Lipinski definition) is 5. The van der Waals surface area contributed by atoms with Crippen LogP contribution in [-0.2, 0) is 14.8 Å². The highest BCUT2D eigenvalue weighted by atomic mass is 32.2. The van der Waals surface area contributed by atoms with Crippen molar-refractivity contribution in [2.45, 2.75) is 4.90 Å². The first-order valence-corrected chi connectivity index (χ1v) is 11.5. The number of ether oxygens (including phenoxy) is 2. The van der Waals surface area contributed by atoms with E-state index in [1.807, 2.05) is 0 Å². The molecule has 33 heavy (non-hydrogen) atoms. The summed E-state index contributed by atoms with van der Waals surface area (Å²) < 4.78 is 65.7. The number of carbonyl (C=O) groups excluding carboxylic acids is 1. The van der Waals surface area contributed by atoms with Gasteiger partial charge in [0.05, 0.1) is 29.4 Å². The van der Waals surface area contributed by atoms with Crippen molar-refractivity contribution in [2.24, 2.45) is 0 Å². The van der Waals surface area contributed by atoms with Crippen molar-refractivity contribution in [3.63, 3.8) is 0 Å². The van der Waals surface area contributed by atoms with Crippen molar-refractivity contribution in [1.82, 2.24) is 4.31 Å². The minimum Gasteiger partial charge on any atom is -0.455 e. The Morgan fingerprint density at radius 1 is 0.970 bits per heavy atom. The predicted octanol–water partition coefficient (Wildman–Crippen LogP) is 4.03. The van der Waals surface area contributed by atoms with Gasteiger partial charge in [-0.25, -0.2) is 17.2 Å². The number of halogens is 2. The first-order chi connectivity index (χ1) is 15.8. The van der Waals surface area contributed by atoms with Crippen LogP contribution in [0.3, 0.4) is 0 Å². The third-order valence-electron chi connectivity index (χ3n) is 4.97. The van der Waals surface area contributed by atoms with Gasteiger partial charge in [0, 0.05) is 13.1 Å². The van der Waals surface area contributed by atoms with Crippen LogP contribution in [0.1, 0.15) is 10.4 Å². The summed E-state index contributed by atoms with van der Waals surface area (Å²) in [6.45, 7) is 0.962. The van der Waals surface area contributed by atoms with Crippen molar-refractivity contribution >= 4 is 21.6 Å². The molecular formula is C23H20F2N2O5S. The van der Waals surface area contributed by atoms with E-state index in [4.69, 9.17) is 9.47 Å². The molecule has 3 aromatic carbocycles. The Kier molecular flexibility index (Phi) is 6.68. The average molecular weight is 474 g/mol. The van der Waals surface area contributed by atoms with Gasteiger partial charge in [0.2, 0.25) is 10.0 Å². The molecule has 7 nitrogen and oxygen atoms in total. The number of anilines is 1. The molecule has 0 unspecified atom stereocenters. The number of nitrogens with one attached hydrogen (secondary N) is 1. The van der Waals surface area contributed by atoms with Crippen LogP contribution in [-0.4, -0.2) is 44.9 Å². The third-order valence-corrected chi connectivity index (χ3v) is 6.86. The molecule has 1 fully saturated rings. The average Bonchev–Trinajstić information content (AvgIpc) is 2.82. The second-order valence-corrected chi connectivity index (χ2v) is 9.10. The lowest BCUT2D eigenvalue weighted by Crippen LogP contribution is -2.40. The Morgan fingerprint density at radius 2 is 1.67 bits per heavy atom. The molecule has 10 heteroatoms. The normalized spacial score (nSPS) is 14.6. The maximum Gasteiger partial charge on any atom is 0.258 e. The number of nitrogens with zero attached hydrogens (tertiary/aromatic N) is 1. The zero-order valence-corrected chi connectivity index (χ0v) is 18.1. The van der Waals surface area contributed by atoms with Crippen LogP contribution in [0.5, 0.6) is 11.5 Å². The molecule has 1 N–H and O–H groups in total. The third kappa shape index (κ3) is 5.19. The van der Waals surface area contributed by atoms with Gasteiger partial charge in [0.15, 0.2) is 5.75 Å². The Bertz CT molecular complexity index is 1260. The Hall–Kier alpha value is -3.34. The van der Waals surface area contributed by atoms with E-state index >= 15 is 0 Å². The van der Waals surface area contributed by atoms with Gasteiger partial charge in [-0.1, -0.05) is 12.1 Å². The number of benzene rings is 3. The quantitative estimate of drug-likeness (QED) is 0.583. The molecule has 1 amide bonds. The van der Waals surface area contributed by atoms with Gasteiger partial charge in [-0.2, -0.15) is 4.31 Å². The minimum absolute atomic E-state index is 0.0157. The van der Waals surface area contributed by atoms with E-state index in [1.54, 1.807) is 0 Å². The van der Waals surface area contributed by atoms with Gasteiger partial charge in [-0.05, 0) is 54.6 Å². The van der Waals surface area contributed by atoms with Gasteiger partial charge < -0.3 is 14.8 Å². The Balaban J connectivity index is 1.70. The lowest BCUT2D eigenvalue weighted by atomic mass is 10.2. The second-order valence-electron chi connectivity index (χ2n) is 7.16. The van der Waals surface area contributed by atoms with Crippen LogP contribution < -0.4 is 10.1 Å². The monoisotopic (exact) mass is 474 g/mol. The number of amides is 1. The Morgan fingerprint density at radius 3 is 2.36 bits per heavy atom. The summed E-state index contributed by atoms with van der Waals surface area (Å²) in [5, 5.41) is 2.53. The highest BCUT2D eigenvalue weighted by molar-refractivity contribution is 7.89. The van der Waals surface area contributed by atoms with Gasteiger partial charge >= 0.3 is 0 Å². The van der Waals surface area contributed by atoms with Gasteiger partial charge in [-0.3, -0.25) is 4.79 Å². The van der Waals surface area contributed by atoms with Crippen LogP contribution >= 0.6 is 0 Å². The van der Waals surface area contributed by atoms with Crippen LogP contribution in [0.4, 0.5) is 14.5 Å². The molecular weight excluding hydrogens is 454 g/mol. The first kappa shape index (κ1) is 22.8. The van der Waals surface area contributed by atoms with E-state index in [2.05, 4.69) is 5.32 Å². The van der Waals surface area contributed by atoms with Gasteiger partial charge in [-0.15, -0.1) is 0 Å². The molecule has 1 aliphatic rings. The van der Waals surface area contributed by atoms with E-state index in [1.165, 1.54) is 65.0 Å².